The average Bonchev–Trinajstić information content (AvgIpc) is 2.55. The standard InChI is InChI=1S/C17H24ClNO3/c1-4-19(13-8-6-5-7-9-13)17(20)12-10-14(18)16(22-3)15(11-12)21-2/h10-11,13H,4-9H2,1-3H3. The molecule has 5 heteroatoms. The molecule has 0 saturated heterocycles. The second-order valence-corrected chi connectivity index (χ2v) is 5.98. The number of carbonyl (C=O) groups excluding carboxylic acids is 1. The second-order valence-electron chi connectivity index (χ2n) is 5.58. The van der Waals surface area contributed by atoms with E-state index in [2.05, 4.69) is 0 Å². The van der Waals surface area contributed by atoms with Gasteiger partial charge in [0.1, 0.15) is 0 Å². The first-order valence-electron chi connectivity index (χ1n) is 7.84. The van der Waals surface area contributed by atoms with Crippen molar-refractivity contribution in [2.75, 3.05) is 20.8 Å². The molecule has 1 saturated carbocycles. The van der Waals surface area contributed by atoms with Gasteiger partial charge in [-0.3, -0.25) is 4.79 Å². The summed E-state index contributed by atoms with van der Waals surface area (Å²) in [6.45, 7) is 2.73. The van der Waals surface area contributed by atoms with Gasteiger partial charge in [-0.15, -0.1) is 0 Å². The van der Waals surface area contributed by atoms with E-state index in [-0.39, 0.29) is 5.91 Å². The number of halogens is 1. The monoisotopic (exact) mass is 325 g/mol. The third-order valence-corrected chi connectivity index (χ3v) is 4.58. The molecule has 0 N–H and O–H groups in total. The zero-order chi connectivity index (χ0) is 16.1. The van der Waals surface area contributed by atoms with E-state index in [1.54, 1.807) is 19.2 Å². The maximum Gasteiger partial charge on any atom is 0.254 e. The van der Waals surface area contributed by atoms with E-state index in [0.29, 0.717) is 34.7 Å². The van der Waals surface area contributed by atoms with Crippen LogP contribution in [0.4, 0.5) is 0 Å². The number of hydrogen-bond donors (Lipinski definition) is 0. The molecule has 0 atom stereocenters. The van der Waals surface area contributed by atoms with Gasteiger partial charge in [0.05, 0.1) is 19.2 Å². The molecule has 2 rings (SSSR count). The van der Waals surface area contributed by atoms with Crippen molar-refractivity contribution in [3.05, 3.63) is 22.7 Å². The number of ether oxygens (including phenoxy) is 2. The summed E-state index contributed by atoms with van der Waals surface area (Å²) in [5.74, 6) is 0.955. The molecule has 0 aliphatic heterocycles. The van der Waals surface area contributed by atoms with Gasteiger partial charge in [-0.05, 0) is 31.9 Å². The summed E-state index contributed by atoms with van der Waals surface area (Å²) in [5, 5.41) is 0.393. The summed E-state index contributed by atoms with van der Waals surface area (Å²) in [6.07, 6.45) is 5.83. The van der Waals surface area contributed by atoms with Crippen molar-refractivity contribution in [3.63, 3.8) is 0 Å². The first kappa shape index (κ1) is 16.9. The molecule has 1 aliphatic rings. The number of amides is 1. The smallest absolute Gasteiger partial charge is 0.254 e. The van der Waals surface area contributed by atoms with E-state index in [1.807, 2.05) is 11.8 Å². The van der Waals surface area contributed by atoms with Gasteiger partial charge in [-0.2, -0.15) is 0 Å². The van der Waals surface area contributed by atoms with Crippen LogP contribution in [-0.4, -0.2) is 37.6 Å². The van der Waals surface area contributed by atoms with Crippen molar-refractivity contribution >= 4 is 17.5 Å². The molecule has 1 fully saturated rings. The van der Waals surface area contributed by atoms with Crippen molar-refractivity contribution in [3.8, 4) is 11.5 Å². The first-order chi connectivity index (χ1) is 10.6. The molecule has 0 spiro atoms. The van der Waals surface area contributed by atoms with E-state index < -0.39 is 0 Å². The van der Waals surface area contributed by atoms with E-state index in [9.17, 15) is 4.79 Å². The van der Waals surface area contributed by atoms with Crippen molar-refractivity contribution in [2.45, 2.75) is 45.1 Å². The lowest BCUT2D eigenvalue weighted by Gasteiger charge is -2.33. The summed E-state index contributed by atoms with van der Waals surface area (Å²) < 4.78 is 10.5. The van der Waals surface area contributed by atoms with E-state index in [0.717, 1.165) is 12.8 Å². The molecule has 122 valence electrons. The lowest BCUT2D eigenvalue weighted by atomic mass is 9.93. The molecule has 4 nitrogen and oxygen atoms in total. The Kier molecular flexibility index (Phi) is 5.95. The Hall–Kier alpha value is -1.42. The molecule has 1 amide bonds. The number of carbonyl (C=O) groups is 1. The largest absolute Gasteiger partial charge is 0.493 e. The van der Waals surface area contributed by atoms with Gasteiger partial charge in [-0.1, -0.05) is 30.9 Å². The van der Waals surface area contributed by atoms with E-state index in [1.165, 1.54) is 26.4 Å². The SMILES string of the molecule is CCN(C(=O)c1cc(Cl)c(OC)c(OC)c1)C1CCCCC1. The summed E-state index contributed by atoms with van der Waals surface area (Å²) in [4.78, 5) is 14.8. The maximum atomic E-state index is 12.9. The van der Waals surface area contributed by atoms with Crippen LogP contribution >= 0.6 is 11.6 Å². The van der Waals surface area contributed by atoms with Crippen LogP contribution in [0.1, 0.15) is 49.4 Å². The van der Waals surface area contributed by atoms with Gasteiger partial charge < -0.3 is 14.4 Å². The first-order valence-corrected chi connectivity index (χ1v) is 8.22. The highest BCUT2D eigenvalue weighted by Crippen LogP contribution is 2.36. The Morgan fingerprint density at radius 3 is 2.45 bits per heavy atom. The molecule has 1 aromatic rings. The van der Waals surface area contributed by atoms with Crippen molar-refractivity contribution < 1.29 is 14.3 Å². The van der Waals surface area contributed by atoms with Crippen LogP contribution < -0.4 is 9.47 Å². The minimum absolute atomic E-state index is 0.0113. The summed E-state index contributed by atoms with van der Waals surface area (Å²) in [6, 6.07) is 3.70. The van der Waals surface area contributed by atoms with Crippen molar-refractivity contribution in [1.29, 1.82) is 0 Å². The topological polar surface area (TPSA) is 38.8 Å². The minimum Gasteiger partial charge on any atom is -0.493 e. The molecule has 1 aromatic carbocycles. The Morgan fingerprint density at radius 2 is 1.91 bits per heavy atom. The molecule has 22 heavy (non-hydrogen) atoms. The Labute approximate surface area is 137 Å². The van der Waals surface area contributed by atoms with Gasteiger partial charge in [0.25, 0.3) is 5.91 Å². The Balaban J connectivity index is 2.28. The predicted molar refractivity (Wildman–Crippen MR) is 88.1 cm³/mol. The fraction of sp³-hybridized carbons (Fsp3) is 0.588. The molecular formula is C17H24ClNO3. The number of methoxy groups -OCH3 is 2. The molecule has 0 aromatic heterocycles. The highest BCUT2D eigenvalue weighted by atomic mass is 35.5. The van der Waals surface area contributed by atoms with Crippen LogP contribution in [0.3, 0.4) is 0 Å². The Morgan fingerprint density at radius 1 is 1.23 bits per heavy atom. The van der Waals surface area contributed by atoms with Crippen LogP contribution in [0.25, 0.3) is 0 Å². The minimum atomic E-state index is 0.0113. The summed E-state index contributed by atoms with van der Waals surface area (Å²) >= 11 is 6.22. The zero-order valence-corrected chi connectivity index (χ0v) is 14.3. The van der Waals surface area contributed by atoms with Crippen LogP contribution in [-0.2, 0) is 0 Å². The Bertz CT molecular complexity index is 527. The van der Waals surface area contributed by atoms with E-state index in [4.69, 9.17) is 21.1 Å². The van der Waals surface area contributed by atoms with Crippen molar-refractivity contribution in [1.82, 2.24) is 4.90 Å². The third kappa shape index (κ3) is 3.49. The summed E-state index contributed by atoms with van der Waals surface area (Å²) in [7, 11) is 3.08. The molecular weight excluding hydrogens is 302 g/mol. The van der Waals surface area contributed by atoms with Gasteiger partial charge in [-0.25, -0.2) is 0 Å². The van der Waals surface area contributed by atoms with Crippen LogP contribution in [0.5, 0.6) is 11.5 Å². The summed E-state index contributed by atoms with van der Waals surface area (Å²) in [5.41, 5.74) is 0.551. The van der Waals surface area contributed by atoms with Crippen LogP contribution in [0.15, 0.2) is 12.1 Å². The molecule has 0 radical (unpaired) electrons. The normalized spacial score (nSPS) is 15.5. The van der Waals surface area contributed by atoms with Crippen molar-refractivity contribution in [2.24, 2.45) is 0 Å². The zero-order valence-electron chi connectivity index (χ0n) is 13.5. The highest BCUT2D eigenvalue weighted by Gasteiger charge is 2.26. The average molecular weight is 326 g/mol. The lowest BCUT2D eigenvalue weighted by molar-refractivity contribution is 0.0647. The van der Waals surface area contributed by atoms with Crippen LogP contribution in [0, 0.1) is 0 Å². The van der Waals surface area contributed by atoms with Gasteiger partial charge in [0.2, 0.25) is 0 Å². The van der Waals surface area contributed by atoms with Crippen LogP contribution in [0.2, 0.25) is 5.02 Å². The second kappa shape index (κ2) is 7.73. The fourth-order valence-corrected chi connectivity index (χ4v) is 3.46. The van der Waals surface area contributed by atoms with E-state index >= 15 is 0 Å². The fourth-order valence-electron chi connectivity index (χ4n) is 3.17. The molecule has 0 heterocycles. The number of rotatable bonds is 5. The van der Waals surface area contributed by atoms with Gasteiger partial charge >= 0.3 is 0 Å². The quantitative estimate of drug-likeness (QED) is 0.816. The molecule has 1 aliphatic carbocycles. The maximum absolute atomic E-state index is 12.9. The number of nitrogens with zero attached hydrogens (tertiary/aromatic N) is 1. The number of benzene rings is 1. The van der Waals surface area contributed by atoms with Gasteiger partial charge in [0, 0.05) is 18.2 Å². The number of hydrogen-bond acceptors (Lipinski definition) is 3. The third-order valence-electron chi connectivity index (χ3n) is 4.30. The molecule has 0 unspecified atom stereocenters. The highest BCUT2D eigenvalue weighted by molar-refractivity contribution is 6.32. The predicted octanol–water partition coefficient (Wildman–Crippen LogP) is 4.15. The lowest BCUT2D eigenvalue weighted by Crippen LogP contribution is -2.41. The molecule has 0 bridgehead atoms. The van der Waals surface area contributed by atoms with Gasteiger partial charge in [0.15, 0.2) is 11.5 Å².